The third-order valence-electron chi connectivity index (χ3n) is 3.28. The van der Waals surface area contributed by atoms with Crippen LogP contribution in [-0.2, 0) is 6.54 Å². The van der Waals surface area contributed by atoms with E-state index in [0.717, 1.165) is 11.4 Å². The van der Waals surface area contributed by atoms with Crippen molar-refractivity contribution in [2.24, 2.45) is 10.7 Å². The van der Waals surface area contributed by atoms with Gasteiger partial charge in [0.05, 0.1) is 13.7 Å². The fourth-order valence-corrected chi connectivity index (χ4v) is 2.06. The quantitative estimate of drug-likeness (QED) is 0.457. The molecule has 0 radical (unpaired) electrons. The summed E-state index contributed by atoms with van der Waals surface area (Å²) in [5.74, 6) is 1.21. The average Bonchev–Trinajstić information content (AvgIpc) is 2.47. The predicted octanol–water partition coefficient (Wildman–Crippen LogP) is 3.86. The number of methoxy groups -OCH3 is 1. The summed E-state index contributed by atoms with van der Waals surface area (Å²) >= 11 is 0. The highest BCUT2D eigenvalue weighted by molar-refractivity contribution is 14.0. The number of anilines is 1. The number of rotatable bonds is 4. The van der Waals surface area contributed by atoms with Gasteiger partial charge in [0.15, 0.2) is 5.96 Å². The summed E-state index contributed by atoms with van der Waals surface area (Å²) in [4.78, 5) is 4.37. The van der Waals surface area contributed by atoms with Crippen molar-refractivity contribution in [3.63, 3.8) is 0 Å². The van der Waals surface area contributed by atoms with Gasteiger partial charge >= 0.3 is 0 Å². The van der Waals surface area contributed by atoms with E-state index in [1.165, 1.54) is 16.7 Å². The Bertz CT molecular complexity index is 639. The van der Waals surface area contributed by atoms with Crippen LogP contribution < -0.4 is 15.8 Å². The minimum Gasteiger partial charge on any atom is -0.497 e. The molecule has 0 aromatic heterocycles. The maximum absolute atomic E-state index is 5.91. The van der Waals surface area contributed by atoms with E-state index in [1.807, 2.05) is 24.3 Å². The Morgan fingerprint density at radius 3 is 2.41 bits per heavy atom. The summed E-state index contributed by atoms with van der Waals surface area (Å²) in [5, 5.41) is 3.07. The second-order valence-corrected chi connectivity index (χ2v) is 4.98. The van der Waals surface area contributed by atoms with E-state index in [1.54, 1.807) is 7.11 Å². The van der Waals surface area contributed by atoms with Gasteiger partial charge in [0.25, 0.3) is 0 Å². The zero-order chi connectivity index (χ0) is 15.2. The molecule has 0 aliphatic carbocycles. The zero-order valence-electron chi connectivity index (χ0n) is 13.1. The van der Waals surface area contributed by atoms with Crippen LogP contribution in [0.3, 0.4) is 0 Å². The maximum Gasteiger partial charge on any atom is 0.193 e. The molecule has 0 fully saturated rings. The van der Waals surface area contributed by atoms with Crippen LogP contribution in [0.2, 0.25) is 0 Å². The van der Waals surface area contributed by atoms with Crippen molar-refractivity contribution in [3.05, 3.63) is 59.2 Å². The number of ether oxygens (including phenoxy) is 1. The van der Waals surface area contributed by atoms with Crippen LogP contribution in [0.4, 0.5) is 5.69 Å². The monoisotopic (exact) mass is 411 g/mol. The van der Waals surface area contributed by atoms with Gasteiger partial charge in [-0.15, -0.1) is 24.0 Å². The van der Waals surface area contributed by atoms with Crippen LogP contribution >= 0.6 is 24.0 Å². The Morgan fingerprint density at radius 2 is 1.82 bits per heavy atom. The normalized spacial score (nSPS) is 10.8. The summed E-state index contributed by atoms with van der Waals surface area (Å²) in [6, 6.07) is 13.9. The van der Waals surface area contributed by atoms with Crippen molar-refractivity contribution < 1.29 is 4.74 Å². The van der Waals surface area contributed by atoms with Crippen LogP contribution in [0.25, 0.3) is 0 Å². The molecule has 0 bridgehead atoms. The molecule has 2 aromatic carbocycles. The van der Waals surface area contributed by atoms with Gasteiger partial charge in [-0.25, -0.2) is 4.99 Å². The smallest absolute Gasteiger partial charge is 0.193 e. The maximum atomic E-state index is 5.91. The highest BCUT2D eigenvalue weighted by Crippen LogP contribution is 2.15. The molecule has 3 N–H and O–H groups in total. The van der Waals surface area contributed by atoms with Crippen molar-refractivity contribution >= 4 is 35.6 Å². The van der Waals surface area contributed by atoms with E-state index in [0.29, 0.717) is 12.5 Å². The van der Waals surface area contributed by atoms with Crippen LogP contribution in [0, 0.1) is 13.8 Å². The minimum absolute atomic E-state index is 0. The van der Waals surface area contributed by atoms with Gasteiger partial charge in [-0.1, -0.05) is 23.8 Å². The predicted molar refractivity (Wildman–Crippen MR) is 103 cm³/mol. The molecule has 0 saturated carbocycles. The Hall–Kier alpha value is -1.76. The summed E-state index contributed by atoms with van der Waals surface area (Å²) < 4.78 is 5.11. The molecule has 0 unspecified atom stereocenters. The number of hydrogen-bond donors (Lipinski definition) is 2. The first kappa shape index (κ1) is 18.3. The van der Waals surface area contributed by atoms with Gasteiger partial charge < -0.3 is 15.8 Å². The number of nitrogens with zero attached hydrogens (tertiary/aromatic N) is 1. The van der Waals surface area contributed by atoms with Gasteiger partial charge in [0, 0.05) is 5.69 Å². The number of hydrogen-bond acceptors (Lipinski definition) is 2. The molecule has 0 aliphatic rings. The fraction of sp³-hybridized carbons (Fsp3) is 0.235. The molecule has 0 atom stereocenters. The van der Waals surface area contributed by atoms with Crippen molar-refractivity contribution in [2.75, 3.05) is 12.4 Å². The number of benzene rings is 2. The molecule has 0 aliphatic heterocycles. The van der Waals surface area contributed by atoms with E-state index in [9.17, 15) is 0 Å². The van der Waals surface area contributed by atoms with Crippen molar-refractivity contribution in [1.82, 2.24) is 0 Å². The molecule has 0 spiro atoms. The number of nitrogens with two attached hydrogens (primary N) is 1. The first-order chi connectivity index (χ1) is 10.1. The lowest BCUT2D eigenvalue weighted by molar-refractivity contribution is 0.415. The van der Waals surface area contributed by atoms with Crippen LogP contribution in [0.15, 0.2) is 47.5 Å². The van der Waals surface area contributed by atoms with Crippen LogP contribution in [-0.4, -0.2) is 13.1 Å². The molecule has 0 heterocycles. The number of nitrogens with one attached hydrogen (secondary N) is 1. The van der Waals surface area contributed by atoms with E-state index in [4.69, 9.17) is 10.5 Å². The van der Waals surface area contributed by atoms with Gasteiger partial charge in [0.2, 0.25) is 0 Å². The lowest BCUT2D eigenvalue weighted by Crippen LogP contribution is -2.22. The molecule has 5 heteroatoms. The topological polar surface area (TPSA) is 59.6 Å². The van der Waals surface area contributed by atoms with Crippen molar-refractivity contribution in [1.29, 1.82) is 0 Å². The highest BCUT2D eigenvalue weighted by Gasteiger charge is 1.99. The Kier molecular flexibility index (Phi) is 7.17. The number of guanidine groups is 1. The van der Waals surface area contributed by atoms with Crippen LogP contribution in [0.5, 0.6) is 5.75 Å². The fourth-order valence-electron chi connectivity index (χ4n) is 2.06. The number of halogens is 1. The Morgan fingerprint density at radius 1 is 1.14 bits per heavy atom. The van der Waals surface area contributed by atoms with E-state index < -0.39 is 0 Å². The summed E-state index contributed by atoms with van der Waals surface area (Å²) in [7, 11) is 1.64. The second kappa shape index (κ2) is 8.63. The number of aliphatic imine (C=N–C) groups is 1. The lowest BCUT2D eigenvalue weighted by Gasteiger charge is -2.08. The lowest BCUT2D eigenvalue weighted by atomic mass is 10.1. The third-order valence-corrected chi connectivity index (χ3v) is 3.28. The Balaban J connectivity index is 0.00000242. The van der Waals surface area contributed by atoms with Gasteiger partial charge in [-0.2, -0.15) is 0 Å². The van der Waals surface area contributed by atoms with Crippen molar-refractivity contribution in [3.8, 4) is 5.75 Å². The first-order valence-electron chi connectivity index (χ1n) is 6.85. The highest BCUT2D eigenvalue weighted by atomic mass is 127. The molecular weight excluding hydrogens is 389 g/mol. The summed E-state index contributed by atoms with van der Waals surface area (Å²) in [6.45, 7) is 4.74. The van der Waals surface area contributed by atoms with Gasteiger partial charge in [-0.05, 0) is 49.2 Å². The van der Waals surface area contributed by atoms with E-state index >= 15 is 0 Å². The van der Waals surface area contributed by atoms with Gasteiger partial charge in [-0.3, -0.25) is 0 Å². The summed E-state index contributed by atoms with van der Waals surface area (Å²) in [6.07, 6.45) is 0. The summed E-state index contributed by atoms with van der Waals surface area (Å²) in [5.41, 5.74) is 10.5. The standard InChI is InChI=1S/C17H21N3O.HI/c1-12-4-5-14(13(2)10-12)11-19-17(18)20-15-6-8-16(21-3)9-7-15;/h4-10H,11H2,1-3H3,(H3,18,19,20);1H. The number of aryl methyl sites for hydroxylation is 2. The molecule has 0 amide bonds. The van der Waals surface area contributed by atoms with E-state index in [2.05, 4.69) is 42.4 Å². The van der Waals surface area contributed by atoms with Crippen LogP contribution in [0.1, 0.15) is 16.7 Å². The molecule has 118 valence electrons. The molecular formula is C17H22IN3O. The van der Waals surface area contributed by atoms with Crippen molar-refractivity contribution in [2.45, 2.75) is 20.4 Å². The average molecular weight is 411 g/mol. The molecule has 2 aromatic rings. The third kappa shape index (κ3) is 5.22. The Labute approximate surface area is 148 Å². The molecule has 4 nitrogen and oxygen atoms in total. The zero-order valence-corrected chi connectivity index (χ0v) is 15.4. The largest absolute Gasteiger partial charge is 0.497 e. The molecule has 22 heavy (non-hydrogen) atoms. The molecule has 0 saturated heterocycles. The van der Waals surface area contributed by atoms with E-state index in [-0.39, 0.29) is 24.0 Å². The first-order valence-corrected chi connectivity index (χ1v) is 6.85. The second-order valence-electron chi connectivity index (χ2n) is 4.98. The minimum atomic E-state index is 0. The van der Waals surface area contributed by atoms with Gasteiger partial charge in [0.1, 0.15) is 5.75 Å². The SMILES string of the molecule is COc1ccc(NC(N)=NCc2ccc(C)cc2C)cc1.I. The molecule has 2 rings (SSSR count).